The summed E-state index contributed by atoms with van der Waals surface area (Å²) in [6, 6.07) is 0. The first-order chi connectivity index (χ1) is 5.34. The quantitative estimate of drug-likeness (QED) is 0.643. The van der Waals surface area contributed by atoms with Crippen LogP contribution in [-0.2, 0) is 4.84 Å². The molecule has 1 N–H and O–H groups in total. The summed E-state index contributed by atoms with van der Waals surface area (Å²) in [6.45, 7) is 2.47. The topological polar surface area (TPSA) is 32.7 Å². The Morgan fingerprint density at radius 3 is 2.73 bits per heavy atom. The average Bonchev–Trinajstić information content (AvgIpc) is 2.72. The Hall–Kier alpha value is -0.120. The first-order valence-electron chi connectivity index (χ1n) is 4.40. The van der Waals surface area contributed by atoms with Gasteiger partial charge in [-0.3, -0.25) is 4.84 Å². The SMILES string of the molecule is OC1CCN(OCC2CC2)C1. The summed E-state index contributed by atoms with van der Waals surface area (Å²) in [5.74, 6) is 0.813. The maximum atomic E-state index is 9.16. The summed E-state index contributed by atoms with van der Waals surface area (Å²) >= 11 is 0. The monoisotopic (exact) mass is 157 g/mol. The van der Waals surface area contributed by atoms with Gasteiger partial charge in [0.1, 0.15) is 0 Å². The maximum Gasteiger partial charge on any atom is 0.0713 e. The highest BCUT2D eigenvalue weighted by molar-refractivity contribution is 4.73. The molecule has 2 fully saturated rings. The van der Waals surface area contributed by atoms with Crippen molar-refractivity contribution in [3.05, 3.63) is 0 Å². The molecule has 0 bridgehead atoms. The van der Waals surface area contributed by atoms with Crippen LogP contribution in [0.4, 0.5) is 0 Å². The van der Waals surface area contributed by atoms with Gasteiger partial charge >= 0.3 is 0 Å². The van der Waals surface area contributed by atoms with Gasteiger partial charge in [0.25, 0.3) is 0 Å². The number of hydrogen-bond donors (Lipinski definition) is 1. The molecule has 0 amide bonds. The molecule has 1 saturated carbocycles. The number of aliphatic hydroxyl groups excluding tert-OH is 1. The van der Waals surface area contributed by atoms with E-state index in [0.717, 1.165) is 25.5 Å². The van der Waals surface area contributed by atoms with Crippen LogP contribution < -0.4 is 0 Å². The van der Waals surface area contributed by atoms with Crippen molar-refractivity contribution < 1.29 is 9.94 Å². The van der Waals surface area contributed by atoms with Crippen LogP contribution in [0.3, 0.4) is 0 Å². The molecule has 1 unspecified atom stereocenters. The fraction of sp³-hybridized carbons (Fsp3) is 1.00. The molecule has 0 aromatic heterocycles. The summed E-state index contributed by atoms with van der Waals surface area (Å²) in [7, 11) is 0. The van der Waals surface area contributed by atoms with Gasteiger partial charge in [0.05, 0.1) is 19.3 Å². The standard InChI is InChI=1S/C8H15NO2/c10-8-3-4-9(5-8)11-6-7-1-2-7/h7-8,10H,1-6H2. The number of aliphatic hydroxyl groups is 1. The molecule has 0 spiro atoms. The van der Waals surface area contributed by atoms with Crippen LogP contribution >= 0.6 is 0 Å². The van der Waals surface area contributed by atoms with E-state index in [9.17, 15) is 0 Å². The smallest absolute Gasteiger partial charge is 0.0713 e. The Labute approximate surface area is 66.9 Å². The summed E-state index contributed by atoms with van der Waals surface area (Å²) < 4.78 is 0. The summed E-state index contributed by atoms with van der Waals surface area (Å²) in [4.78, 5) is 5.47. The van der Waals surface area contributed by atoms with E-state index in [-0.39, 0.29) is 6.10 Å². The molecule has 2 aliphatic rings. The van der Waals surface area contributed by atoms with Crippen molar-refractivity contribution in [1.82, 2.24) is 5.06 Å². The molecular formula is C8H15NO2. The predicted molar refractivity (Wildman–Crippen MR) is 40.9 cm³/mol. The molecule has 11 heavy (non-hydrogen) atoms. The van der Waals surface area contributed by atoms with E-state index in [0.29, 0.717) is 6.54 Å². The second-order valence-electron chi connectivity index (χ2n) is 3.57. The first kappa shape index (κ1) is 7.53. The molecular weight excluding hydrogens is 142 g/mol. The van der Waals surface area contributed by atoms with E-state index in [1.54, 1.807) is 0 Å². The van der Waals surface area contributed by atoms with Gasteiger partial charge in [-0.15, -0.1) is 0 Å². The third kappa shape index (κ3) is 2.15. The van der Waals surface area contributed by atoms with Crippen LogP contribution in [0, 0.1) is 5.92 Å². The number of hydrogen-bond acceptors (Lipinski definition) is 3. The highest BCUT2D eigenvalue weighted by Gasteiger charge is 2.25. The Balaban J connectivity index is 1.62. The zero-order chi connectivity index (χ0) is 7.68. The fourth-order valence-corrected chi connectivity index (χ4v) is 1.32. The van der Waals surface area contributed by atoms with E-state index in [4.69, 9.17) is 9.94 Å². The van der Waals surface area contributed by atoms with Gasteiger partial charge in [-0.2, -0.15) is 5.06 Å². The van der Waals surface area contributed by atoms with Crippen molar-refractivity contribution in [2.45, 2.75) is 25.4 Å². The van der Waals surface area contributed by atoms with E-state index in [2.05, 4.69) is 0 Å². The number of nitrogens with zero attached hydrogens (tertiary/aromatic N) is 1. The minimum atomic E-state index is -0.158. The molecule has 1 aliphatic heterocycles. The van der Waals surface area contributed by atoms with Crippen molar-refractivity contribution in [2.75, 3.05) is 19.7 Å². The number of rotatable bonds is 3. The van der Waals surface area contributed by atoms with Gasteiger partial charge in [-0.05, 0) is 25.2 Å². The molecule has 0 aromatic rings. The normalized spacial score (nSPS) is 33.0. The Kier molecular flexibility index (Phi) is 2.11. The van der Waals surface area contributed by atoms with E-state index < -0.39 is 0 Å². The third-order valence-electron chi connectivity index (χ3n) is 2.32. The van der Waals surface area contributed by atoms with Gasteiger partial charge in [0.15, 0.2) is 0 Å². The number of hydroxylamine groups is 2. The van der Waals surface area contributed by atoms with Crippen molar-refractivity contribution in [1.29, 1.82) is 0 Å². The minimum Gasteiger partial charge on any atom is -0.392 e. The fourth-order valence-electron chi connectivity index (χ4n) is 1.32. The van der Waals surface area contributed by atoms with Crippen molar-refractivity contribution in [2.24, 2.45) is 5.92 Å². The summed E-state index contributed by atoms with van der Waals surface area (Å²) in [5, 5.41) is 11.1. The van der Waals surface area contributed by atoms with Crippen LogP contribution in [0.1, 0.15) is 19.3 Å². The molecule has 1 atom stereocenters. The predicted octanol–water partition coefficient (Wildman–Crippen LogP) is 0.395. The molecule has 1 aliphatic carbocycles. The van der Waals surface area contributed by atoms with Gasteiger partial charge in [0, 0.05) is 6.54 Å². The van der Waals surface area contributed by atoms with E-state index in [1.807, 2.05) is 5.06 Å². The molecule has 1 saturated heterocycles. The lowest BCUT2D eigenvalue weighted by molar-refractivity contribution is -0.151. The van der Waals surface area contributed by atoms with Crippen molar-refractivity contribution in [3.63, 3.8) is 0 Å². The van der Waals surface area contributed by atoms with Crippen molar-refractivity contribution >= 4 is 0 Å². The van der Waals surface area contributed by atoms with Crippen LogP contribution in [0.15, 0.2) is 0 Å². The first-order valence-corrected chi connectivity index (χ1v) is 4.40. The zero-order valence-electron chi connectivity index (χ0n) is 6.70. The van der Waals surface area contributed by atoms with Crippen LogP contribution in [0.2, 0.25) is 0 Å². The molecule has 0 aromatic carbocycles. The van der Waals surface area contributed by atoms with Crippen LogP contribution in [0.25, 0.3) is 0 Å². The second-order valence-corrected chi connectivity index (χ2v) is 3.57. The lowest BCUT2D eigenvalue weighted by Crippen LogP contribution is -2.23. The van der Waals surface area contributed by atoms with Crippen LogP contribution in [-0.4, -0.2) is 36.0 Å². The summed E-state index contributed by atoms with van der Waals surface area (Å²) in [6.07, 6.45) is 3.37. The lowest BCUT2D eigenvalue weighted by atomic mass is 10.3. The van der Waals surface area contributed by atoms with Gasteiger partial charge in [0.2, 0.25) is 0 Å². The molecule has 0 radical (unpaired) electrons. The molecule has 2 rings (SSSR count). The molecule has 3 heteroatoms. The van der Waals surface area contributed by atoms with Gasteiger partial charge in [-0.25, -0.2) is 0 Å². The third-order valence-corrected chi connectivity index (χ3v) is 2.32. The summed E-state index contributed by atoms with van der Waals surface area (Å²) in [5.41, 5.74) is 0. The van der Waals surface area contributed by atoms with Crippen LogP contribution in [0.5, 0.6) is 0 Å². The lowest BCUT2D eigenvalue weighted by Gasteiger charge is -2.14. The van der Waals surface area contributed by atoms with Gasteiger partial charge in [-0.1, -0.05) is 0 Å². The van der Waals surface area contributed by atoms with E-state index >= 15 is 0 Å². The Morgan fingerprint density at radius 2 is 2.18 bits per heavy atom. The number of β-amino-alcohol motifs (C(OH)–C–C–N with tert-alkyl or cyclic N) is 1. The molecule has 1 heterocycles. The van der Waals surface area contributed by atoms with E-state index in [1.165, 1.54) is 12.8 Å². The molecule has 3 nitrogen and oxygen atoms in total. The Bertz CT molecular complexity index is 136. The second kappa shape index (κ2) is 3.09. The minimum absolute atomic E-state index is 0.158. The Morgan fingerprint density at radius 1 is 1.36 bits per heavy atom. The maximum absolute atomic E-state index is 9.16. The van der Waals surface area contributed by atoms with Crippen molar-refractivity contribution in [3.8, 4) is 0 Å². The highest BCUT2D eigenvalue weighted by Crippen LogP contribution is 2.29. The average molecular weight is 157 g/mol. The van der Waals surface area contributed by atoms with Gasteiger partial charge < -0.3 is 5.11 Å². The largest absolute Gasteiger partial charge is 0.392 e. The highest BCUT2D eigenvalue weighted by atomic mass is 16.7. The zero-order valence-corrected chi connectivity index (χ0v) is 6.70. The molecule has 64 valence electrons.